The van der Waals surface area contributed by atoms with Crippen molar-refractivity contribution in [2.45, 2.75) is 6.42 Å². The minimum atomic E-state index is -0.483. The van der Waals surface area contributed by atoms with Crippen LogP contribution in [0.2, 0.25) is 0 Å². The van der Waals surface area contributed by atoms with Gasteiger partial charge >= 0.3 is 0 Å². The summed E-state index contributed by atoms with van der Waals surface area (Å²) in [6.45, 7) is 0. The average molecular weight is 667 g/mol. The summed E-state index contributed by atoms with van der Waals surface area (Å²) in [5.41, 5.74) is 10.9. The molecule has 0 fully saturated rings. The second-order valence-electron chi connectivity index (χ2n) is 13.6. The molecule has 5 aromatic rings. The number of hydrogen-bond acceptors (Lipinski definition) is 2. The molecule has 0 aliphatic heterocycles. The van der Waals surface area contributed by atoms with Crippen LogP contribution >= 0.6 is 0 Å². The van der Waals surface area contributed by atoms with E-state index in [2.05, 4.69) is 78.7 Å². The van der Waals surface area contributed by atoms with E-state index < -0.39 is 11.6 Å². The lowest BCUT2D eigenvalue weighted by Crippen LogP contribution is -2.39. The fourth-order valence-electron chi connectivity index (χ4n) is 8.32. The van der Waals surface area contributed by atoms with Gasteiger partial charge in [-0.2, -0.15) is 0 Å². The van der Waals surface area contributed by atoms with Gasteiger partial charge in [0, 0.05) is 53.3 Å². The number of benzene rings is 5. The van der Waals surface area contributed by atoms with Crippen molar-refractivity contribution in [2.24, 2.45) is 17.8 Å². The van der Waals surface area contributed by atoms with Crippen molar-refractivity contribution < 1.29 is 8.78 Å². The molecule has 0 N–H and O–H groups in total. The van der Waals surface area contributed by atoms with Crippen LogP contribution in [0.5, 0.6) is 0 Å². The summed E-state index contributed by atoms with van der Waals surface area (Å²) in [5.74, 6) is -0.331. The Balaban J connectivity index is 1.12. The van der Waals surface area contributed by atoms with E-state index in [1.54, 1.807) is 0 Å². The molecule has 9 rings (SSSR count). The molecular formula is C47H36F2N2. The van der Waals surface area contributed by atoms with Gasteiger partial charge in [-0.15, -0.1) is 0 Å². The van der Waals surface area contributed by atoms with Crippen molar-refractivity contribution >= 4 is 17.1 Å². The van der Waals surface area contributed by atoms with Gasteiger partial charge in [0.2, 0.25) is 0 Å². The quantitative estimate of drug-likeness (QED) is 0.171. The number of halogens is 2. The zero-order valence-electron chi connectivity index (χ0n) is 28.3. The standard InChI is InChI=1S/C47H36F2N2/c1-50(36-13-7-3-8-14-36)43-27-23-34-22-26-39-44(28-24-35-21-25-38(43)46(34)47(35)39)51(37-15-9-4-10-16-37)45-30-41(48)40(29-42(45)49)33-19-17-32(18-20-33)31-11-5-2-6-12-31/h2-20,22-30,35,46-47H,21H2,1H3. The Bertz CT molecular complexity index is 2310. The van der Waals surface area contributed by atoms with E-state index >= 15 is 8.78 Å². The van der Waals surface area contributed by atoms with E-state index in [1.807, 2.05) is 95.9 Å². The highest BCUT2D eigenvalue weighted by Gasteiger charge is 2.44. The lowest BCUT2D eigenvalue weighted by molar-refractivity contribution is 0.352. The molecule has 248 valence electrons. The zero-order valence-corrected chi connectivity index (χ0v) is 28.3. The predicted octanol–water partition coefficient (Wildman–Crippen LogP) is 12.0. The van der Waals surface area contributed by atoms with Gasteiger partial charge in [0.1, 0.15) is 11.6 Å². The molecule has 4 heteroatoms. The van der Waals surface area contributed by atoms with Crippen molar-refractivity contribution in [3.63, 3.8) is 0 Å². The molecule has 0 bridgehead atoms. The molecule has 0 heterocycles. The summed E-state index contributed by atoms with van der Waals surface area (Å²) in [5, 5.41) is 0. The first-order valence-electron chi connectivity index (χ1n) is 17.6. The van der Waals surface area contributed by atoms with E-state index in [-0.39, 0.29) is 23.1 Å². The van der Waals surface area contributed by atoms with Crippen molar-refractivity contribution in [2.75, 3.05) is 16.8 Å². The van der Waals surface area contributed by atoms with E-state index in [9.17, 15) is 0 Å². The lowest BCUT2D eigenvalue weighted by Gasteiger charge is -2.47. The van der Waals surface area contributed by atoms with Crippen molar-refractivity contribution in [1.82, 2.24) is 0 Å². The molecule has 4 aliphatic carbocycles. The molecule has 51 heavy (non-hydrogen) atoms. The maximum atomic E-state index is 16.6. The molecule has 0 saturated heterocycles. The number of hydrogen-bond donors (Lipinski definition) is 0. The monoisotopic (exact) mass is 666 g/mol. The Morgan fingerprint density at radius 2 is 1.27 bits per heavy atom. The third-order valence-corrected chi connectivity index (χ3v) is 10.8. The van der Waals surface area contributed by atoms with Gasteiger partial charge in [-0.3, -0.25) is 0 Å². The fraction of sp³-hybridized carbons (Fsp3) is 0.106. The van der Waals surface area contributed by atoms with Gasteiger partial charge in [0.15, 0.2) is 0 Å². The Hall–Kier alpha value is -6.00. The van der Waals surface area contributed by atoms with Gasteiger partial charge in [-0.05, 0) is 88.2 Å². The van der Waals surface area contributed by atoms with Crippen LogP contribution in [-0.4, -0.2) is 7.05 Å². The van der Waals surface area contributed by atoms with E-state index in [0.29, 0.717) is 11.5 Å². The van der Waals surface area contributed by atoms with Crippen LogP contribution in [0.25, 0.3) is 22.3 Å². The highest BCUT2D eigenvalue weighted by atomic mass is 19.1. The second kappa shape index (κ2) is 12.7. The fourth-order valence-corrected chi connectivity index (χ4v) is 8.32. The minimum Gasteiger partial charge on any atom is -0.344 e. The maximum Gasteiger partial charge on any atom is 0.148 e. The largest absolute Gasteiger partial charge is 0.344 e. The zero-order chi connectivity index (χ0) is 34.5. The molecule has 0 amide bonds. The second-order valence-corrected chi connectivity index (χ2v) is 13.6. The van der Waals surface area contributed by atoms with E-state index in [4.69, 9.17) is 0 Å². The number of para-hydroxylation sites is 2. The predicted molar refractivity (Wildman–Crippen MR) is 205 cm³/mol. The van der Waals surface area contributed by atoms with Gasteiger partial charge in [-0.1, -0.05) is 121 Å². The SMILES string of the molecule is CN(C1=CC=C2C=CC3=C(N(c4ccccc4)c4cc(F)c(-c5ccc(-c6ccccc6)cc5)cc4F)C=CC4CC=C1C2C34)c1ccccc1. The summed E-state index contributed by atoms with van der Waals surface area (Å²) in [6.07, 6.45) is 16.6. The van der Waals surface area contributed by atoms with Gasteiger partial charge in [0.05, 0.1) is 5.69 Å². The maximum absolute atomic E-state index is 16.6. The van der Waals surface area contributed by atoms with Crippen molar-refractivity contribution in [3.05, 3.63) is 210 Å². The summed E-state index contributed by atoms with van der Waals surface area (Å²) < 4.78 is 32.8. The molecule has 3 unspecified atom stereocenters. The van der Waals surface area contributed by atoms with Crippen LogP contribution in [0, 0.1) is 29.4 Å². The van der Waals surface area contributed by atoms with Crippen LogP contribution in [0.3, 0.4) is 0 Å². The third kappa shape index (κ3) is 5.39. The number of anilines is 3. The smallest absolute Gasteiger partial charge is 0.148 e. The minimum absolute atomic E-state index is 0.162. The molecule has 2 nitrogen and oxygen atoms in total. The van der Waals surface area contributed by atoms with Crippen molar-refractivity contribution in [1.29, 1.82) is 0 Å². The number of rotatable bonds is 7. The Labute approximate surface area is 298 Å². The third-order valence-electron chi connectivity index (χ3n) is 10.8. The summed E-state index contributed by atoms with van der Waals surface area (Å²) in [4.78, 5) is 4.17. The van der Waals surface area contributed by atoms with E-state index in [1.165, 1.54) is 29.0 Å². The summed E-state index contributed by atoms with van der Waals surface area (Å²) in [7, 11) is 2.13. The van der Waals surface area contributed by atoms with Gasteiger partial charge < -0.3 is 9.80 Å². The van der Waals surface area contributed by atoms with Crippen LogP contribution in [0.1, 0.15) is 6.42 Å². The number of likely N-dealkylation sites (N-methyl/N-ethyl adjacent to an activating group) is 1. The molecule has 3 atom stereocenters. The number of nitrogens with zero attached hydrogens (tertiary/aromatic N) is 2. The van der Waals surface area contributed by atoms with Gasteiger partial charge in [-0.25, -0.2) is 8.78 Å². The Morgan fingerprint density at radius 1 is 0.627 bits per heavy atom. The molecule has 0 radical (unpaired) electrons. The van der Waals surface area contributed by atoms with Crippen LogP contribution in [0.4, 0.5) is 25.8 Å². The molecule has 4 aliphatic rings. The Kier molecular flexibility index (Phi) is 7.73. The molecule has 0 spiro atoms. The summed E-state index contributed by atoms with van der Waals surface area (Å²) >= 11 is 0. The normalized spacial score (nSPS) is 19.9. The summed E-state index contributed by atoms with van der Waals surface area (Å²) in [6, 6.07) is 40.6. The van der Waals surface area contributed by atoms with Crippen molar-refractivity contribution in [3.8, 4) is 22.3 Å². The van der Waals surface area contributed by atoms with Crippen LogP contribution < -0.4 is 9.80 Å². The van der Waals surface area contributed by atoms with Crippen LogP contribution in [-0.2, 0) is 0 Å². The molecule has 0 aromatic heterocycles. The first kappa shape index (κ1) is 31.0. The lowest BCUT2D eigenvalue weighted by atomic mass is 9.60. The topological polar surface area (TPSA) is 6.48 Å². The first-order valence-corrected chi connectivity index (χ1v) is 17.6. The average Bonchev–Trinajstić information content (AvgIpc) is 3.19. The van der Waals surface area contributed by atoms with E-state index in [0.717, 1.165) is 40.2 Å². The number of allylic oxidation sites excluding steroid dienone is 10. The van der Waals surface area contributed by atoms with Gasteiger partial charge in [0.25, 0.3) is 0 Å². The highest BCUT2D eigenvalue weighted by molar-refractivity contribution is 5.78. The van der Waals surface area contributed by atoms with Crippen LogP contribution in [0.15, 0.2) is 198 Å². The first-order chi connectivity index (χ1) is 25.0. The highest BCUT2D eigenvalue weighted by Crippen LogP contribution is 2.54. The molecule has 0 saturated carbocycles. The molecular weight excluding hydrogens is 631 g/mol. The Morgan fingerprint density at radius 3 is 2.00 bits per heavy atom. The molecule has 5 aromatic carbocycles.